The lowest BCUT2D eigenvalue weighted by Gasteiger charge is -2.32. The van der Waals surface area contributed by atoms with Crippen LogP contribution in [0.15, 0.2) is 72.8 Å². The van der Waals surface area contributed by atoms with Crippen LogP contribution in [0.2, 0.25) is 10.0 Å². The van der Waals surface area contributed by atoms with Crippen LogP contribution >= 0.6 is 23.2 Å². The Kier molecular flexibility index (Phi) is 10.1. The minimum absolute atomic E-state index is 0.0923. The summed E-state index contributed by atoms with van der Waals surface area (Å²) in [5.74, 6) is -0.978. The van der Waals surface area contributed by atoms with Crippen LogP contribution in [0.25, 0.3) is 0 Å². The highest BCUT2D eigenvalue weighted by atomic mass is 35.5. The molecule has 0 aliphatic carbocycles. The molecule has 3 aromatic carbocycles. The van der Waals surface area contributed by atoms with E-state index in [-0.39, 0.29) is 35.7 Å². The van der Waals surface area contributed by atoms with Gasteiger partial charge in [0.15, 0.2) is 6.61 Å². The summed E-state index contributed by atoms with van der Waals surface area (Å²) in [6, 6.07) is 19.3. The molecule has 0 fully saturated rings. The van der Waals surface area contributed by atoms with Gasteiger partial charge in [-0.25, -0.2) is 4.39 Å². The molecule has 1 N–H and O–H groups in total. The Balaban J connectivity index is 1.93. The molecule has 3 rings (SSSR count). The van der Waals surface area contributed by atoms with E-state index in [1.54, 1.807) is 30.3 Å². The molecule has 2 amide bonds. The topological polar surface area (TPSA) is 58.6 Å². The van der Waals surface area contributed by atoms with Crippen molar-refractivity contribution in [1.29, 1.82) is 0 Å². The van der Waals surface area contributed by atoms with E-state index in [2.05, 4.69) is 5.32 Å². The predicted octanol–water partition coefficient (Wildman–Crippen LogP) is 6.07. The Morgan fingerprint density at radius 2 is 1.72 bits per heavy atom. The Morgan fingerprint density at radius 1 is 1.03 bits per heavy atom. The van der Waals surface area contributed by atoms with Crippen molar-refractivity contribution in [2.24, 2.45) is 0 Å². The molecule has 3 aromatic rings. The van der Waals surface area contributed by atoms with Crippen LogP contribution in [-0.4, -0.2) is 35.4 Å². The van der Waals surface area contributed by atoms with Gasteiger partial charge in [0.2, 0.25) is 5.91 Å². The van der Waals surface area contributed by atoms with Gasteiger partial charge in [-0.1, -0.05) is 78.7 Å². The number of benzene rings is 3. The summed E-state index contributed by atoms with van der Waals surface area (Å²) in [6.07, 6.45) is 0.980. The number of nitrogens with one attached hydrogen (secondary N) is 1. The van der Waals surface area contributed by atoms with Crippen molar-refractivity contribution in [2.45, 2.75) is 45.3 Å². The number of rotatable bonds is 11. The van der Waals surface area contributed by atoms with Crippen LogP contribution in [0, 0.1) is 5.82 Å². The Bertz CT molecular complexity index is 1180. The van der Waals surface area contributed by atoms with Gasteiger partial charge in [-0.15, -0.1) is 0 Å². The lowest BCUT2D eigenvalue weighted by atomic mass is 10.0. The highest BCUT2D eigenvalue weighted by Crippen LogP contribution is 2.27. The number of hydrogen-bond acceptors (Lipinski definition) is 3. The molecule has 0 unspecified atom stereocenters. The van der Waals surface area contributed by atoms with Gasteiger partial charge in [0.1, 0.15) is 17.6 Å². The molecule has 0 bridgehead atoms. The largest absolute Gasteiger partial charge is 0.482 e. The predicted molar refractivity (Wildman–Crippen MR) is 141 cm³/mol. The normalized spacial score (nSPS) is 12.5. The van der Waals surface area contributed by atoms with Crippen LogP contribution in [0.4, 0.5) is 4.39 Å². The van der Waals surface area contributed by atoms with E-state index >= 15 is 0 Å². The molecular formula is C28H29Cl2FN2O3. The van der Waals surface area contributed by atoms with Gasteiger partial charge in [-0.05, 0) is 43.2 Å². The van der Waals surface area contributed by atoms with Crippen LogP contribution in [0.5, 0.6) is 5.75 Å². The molecule has 8 heteroatoms. The maximum Gasteiger partial charge on any atom is 0.261 e. The van der Waals surface area contributed by atoms with Crippen molar-refractivity contribution >= 4 is 35.0 Å². The molecule has 2 atom stereocenters. The molecule has 5 nitrogen and oxygen atoms in total. The van der Waals surface area contributed by atoms with E-state index in [0.717, 1.165) is 12.0 Å². The third kappa shape index (κ3) is 7.70. The molecule has 0 radical (unpaired) electrons. The summed E-state index contributed by atoms with van der Waals surface area (Å²) in [5.41, 5.74) is 1.17. The summed E-state index contributed by atoms with van der Waals surface area (Å²) < 4.78 is 20.3. The third-order valence-electron chi connectivity index (χ3n) is 5.82. The first kappa shape index (κ1) is 27.5. The monoisotopic (exact) mass is 530 g/mol. The van der Waals surface area contributed by atoms with Crippen LogP contribution < -0.4 is 10.1 Å². The number of hydrogen-bond donors (Lipinski definition) is 1. The number of carbonyl (C=O) groups excluding carboxylic acids is 2. The van der Waals surface area contributed by atoms with Crippen LogP contribution in [0.1, 0.15) is 31.4 Å². The van der Waals surface area contributed by atoms with Crippen LogP contribution in [-0.2, 0) is 22.6 Å². The van der Waals surface area contributed by atoms with Crippen molar-refractivity contribution < 1.29 is 18.7 Å². The number of ether oxygens (including phenoxy) is 1. The molecule has 0 aliphatic rings. The highest BCUT2D eigenvalue weighted by molar-refractivity contribution is 6.35. The molecule has 0 heterocycles. The first-order chi connectivity index (χ1) is 17.3. The quantitative estimate of drug-likeness (QED) is 0.327. The second-order valence-electron chi connectivity index (χ2n) is 8.50. The van der Waals surface area contributed by atoms with Crippen molar-refractivity contribution in [2.75, 3.05) is 6.61 Å². The van der Waals surface area contributed by atoms with E-state index in [9.17, 15) is 14.0 Å². The zero-order valence-corrected chi connectivity index (χ0v) is 21.7. The zero-order valence-electron chi connectivity index (χ0n) is 20.2. The zero-order chi connectivity index (χ0) is 26.1. The Hall–Kier alpha value is -3.09. The average Bonchev–Trinajstić information content (AvgIpc) is 2.87. The lowest BCUT2D eigenvalue weighted by molar-refractivity contribution is -0.143. The molecule has 0 saturated heterocycles. The minimum atomic E-state index is -0.891. The minimum Gasteiger partial charge on any atom is -0.482 e. The van der Waals surface area contributed by atoms with Gasteiger partial charge in [-0.3, -0.25) is 9.59 Å². The summed E-state index contributed by atoms with van der Waals surface area (Å²) in [7, 11) is 0. The molecule has 0 aromatic heterocycles. The highest BCUT2D eigenvalue weighted by Gasteiger charge is 2.31. The molecule has 0 aliphatic heterocycles. The van der Waals surface area contributed by atoms with Crippen molar-refractivity contribution in [3.05, 3.63) is 99.8 Å². The van der Waals surface area contributed by atoms with Crippen LogP contribution in [0.3, 0.4) is 0 Å². The summed E-state index contributed by atoms with van der Waals surface area (Å²) in [5, 5.41) is 3.66. The Morgan fingerprint density at radius 3 is 2.39 bits per heavy atom. The third-order valence-corrected chi connectivity index (χ3v) is 6.35. The fourth-order valence-corrected chi connectivity index (χ4v) is 4.08. The molecule has 0 spiro atoms. The standard InChI is InChI=1S/C28H29Cl2FN2O3/c1-3-19(2)32-28(35)25(15-20-9-5-4-6-10-20)33(17-21-11-7-8-12-24(21)31)27(34)18-36-26-14-13-22(29)16-23(26)30/h4-14,16,19,25H,3,15,17-18H2,1-2H3,(H,32,35)/t19-,25-/m1/s1. The van der Waals surface area contributed by atoms with Gasteiger partial charge in [0, 0.05) is 29.6 Å². The second kappa shape index (κ2) is 13.3. The average molecular weight is 531 g/mol. The van der Waals surface area contributed by atoms with Gasteiger partial charge < -0.3 is 15.0 Å². The summed E-state index contributed by atoms with van der Waals surface area (Å²) >= 11 is 12.1. The number of carbonyl (C=O) groups is 2. The summed E-state index contributed by atoms with van der Waals surface area (Å²) in [4.78, 5) is 28.3. The fourth-order valence-electron chi connectivity index (χ4n) is 3.62. The number of nitrogens with zero attached hydrogens (tertiary/aromatic N) is 1. The van der Waals surface area contributed by atoms with E-state index in [1.807, 2.05) is 44.2 Å². The van der Waals surface area contributed by atoms with E-state index in [0.29, 0.717) is 10.6 Å². The van der Waals surface area contributed by atoms with E-state index in [4.69, 9.17) is 27.9 Å². The fraction of sp³-hybridized carbons (Fsp3) is 0.286. The molecule has 0 saturated carbocycles. The maximum absolute atomic E-state index is 14.6. The van der Waals surface area contributed by atoms with Crippen molar-refractivity contribution in [3.63, 3.8) is 0 Å². The molecule has 36 heavy (non-hydrogen) atoms. The smallest absolute Gasteiger partial charge is 0.261 e. The van der Waals surface area contributed by atoms with E-state index in [1.165, 1.54) is 17.0 Å². The first-order valence-corrected chi connectivity index (χ1v) is 12.5. The van der Waals surface area contributed by atoms with Gasteiger partial charge in [-0.2, -0.15) is 0 Å². The van der Waals surface area contributed by atoms with Gasteiger partial charge in [0.05, 0.1) is 5.02 Å². The summed E-state index contributed by atoms with van der Waals surface area (Å²) in [6.45, 7) is 3.36. The molecular weight excluding hydrogens is 502 g/mol. The van der Waals surface area contributed by atoms with Gasteiger partial charge in [0.25, 0.3) is 5.91 Å². The lowest BCUT2D eigenvalue weighted by Crippen LogP contribution is -2.53. The van der Waals surface area contributed by atoms with Crippen molar-refractivity contribution in [1.82, 2.24) is 10.2 Å². The van der Waals surface area contributed by atoms with Crippen molar-refractivity contribution in [3.8, 4) is 5.75 Å². The maximum atomic E-state index is 14.6. The SMILES string of the molecule is CC[C@@H](C)NC(=O)[C@@H](Cc1ccccc1)N(Cc1ccccc1F)C(=O)COc1ccc(Cl)cc1Cl. The Labute approximate surface area is 221 Å². The van der Waals surface area contributed by atoms with Gasteiger partial charge >= 0.3 is 0 Å². The molecule has 190 valence electrons. The number of amides is 2. The first-order valence-electron chi connectivity index (χ1n) is 11.7. The number of halogens is 3. The van der Waals surface area contributed by atoms with E-state index < -0.39 is 24.4 Å². The second-order valence-corrected chi connectivity index (χ2v) is 9.34.